The second kappa shape index (κ2) is 24.2. The van der Waals surface area contributed by atoms with Gasteiger partial charge in [0, 0.05) is 12.8 Å². The van der Waals surface area contributed by atoms with Crippen molar-refractivity contribution in [3.63, 3.8) is 0 Å². The second-order valence-corrected chi connectivity index (χ2v) is 10.5. The zero-order valence-electron chi connectivity index (χ0n) is 28.5. The lowest BCUT2D eigenvalue weighted by Gasteiger charge is -2.16. The standard InChI is InChI=1S/C21H21NO4.C9H15NO3.C6H11NO2.ClH/c1-2-3-12-19(20(23)24)22-21(25)26-13-18-16-10-6-4-8-14(16)15-9-5-7-11-17(15)18;1-4-5-6-8(9(12)13-3)10-7(2)11;1-2-3-4-5(7)6(8)9;/h2-11,18-19H,12-13H2,1H3,(H,22,25)(H,23,24);4-5,8H,6H2,1-3H3,(H,10,11);2-3,5H,4,7H2,1H3,(H,8,9);1H/t19-;8-;5-;/m000./s1. The smallest absolute Gasteiger partial charge is 0.407 e. The van der Waals surface area contributed by atoms with E-state index < -0.39 is 42.1 Å². The number of nitrogens with one attached hydrogen (secondary N) is 2. The average Bonchev–Trinajstić information content (AvgIpc) is 3.39. The number of hydrogen-bond donors (Lipinski definition) is 5. The second-order valence-electron chi connectivity index (χ2n) is 10.5. The van der Waals surface area contributed by atoms with E-state index in [-0.39, 0.29) is 37.3 Å². The minimum absolute atomic E-state index is 0. The Hall–Kier alpha value is -4.94. The summed E-state index contributed by atoms with van der Waals surface area (Å²) in [5.74, 6) is -2.75. The van der Waals surface area contributed by atoms with Crippen LogP contribution in [-0.2, 0) is 28.7 Å². The van der Waals surface area contributed by atoms with E-state index in [1.54, 1.807) is 37.3 Å². The highest BCUT2D eigenvalue weighted by Gasteiger charge is 2.29. The fourth-order valence-corrected chi connectivity index (χ4v) is 4.53. The Balaban J connectivity index is 0.000000840. The summed E-state index contributed by atoms with van der Waals surface area (Å²) in [6.45, 7) is 7.00. The summed E-state index contributed by atoms with van der Waals surface area (Å²) in [7, 11) is 1.30. The van der Waals surface area contributed by atoms with Gasteiger partial charge in [0.25, 0.3) is 0 Å². The van der Waals surface area contributed by atoms with Gasteiger partial charge in [0.1, 0.15) is 24.7 Å². The van der Waals surface area contributed by atoms with E-state index in [0.717, 1.165) is 22.3 Å². The molecule has 3 rings (SSSR count). The maximum atomic E-state index is 12.1. The van der Waals surface area contributed by atoms with Crippen molar-refractivity contribution in [2.45, 2.75) is 71.0 Å². The molecule has 1 aliphatic rings. The molecule has 0 spiro atoms. The lowest BCUT2D eigenvalue weighted by Crippen LogP contribution is -2.41. The zero-order chi connectivity index (χ0) is 36.1. The van der Waals surface area contributed by atoms with Crippen LogP contribution >= 0.6 is 12.4 Å². The lowest BCUT2D eigenvalue weighted by molar-refractivity contribution is -0.144. The molecule has 0 heterocycles. The van der Waals surface area contributed by atoms with Gasteiger partial charge in [-0.3, -0.25) is 9.59 Å². The SMILES string of the molecule is CC=CC[C@H](N)C(=O)O.CC=CC[C@H](NC(=O)OCC1c2ccccc2-c2ccccc21)C(=O)O.CC=CC[C@H](NC(C)=O)C(=O)OC.Cl. The third-order valence-corrected chi connectivity index (χ3v) is 6.95. The van der Waals surface area contributed by atoms with Gasteiger partial charge in [0.15, 0.2) is 0 Å². The van der Waals surface area contributed by atoms with Gasteiger partial charge in [-0.2, -0.15) is 0 Å². The molecule has 2 amide bonds. The number of halogens is 1. The maximum absolute atomic E-state index is 12.1. The van der Waals surface area contributed by atoms with Gasteiger partial charge in [0.05, 0.1) is 7.11 Å². The number of ether oxygens (including phenoxy) is 2. The summed E-state index contributed by atoms with van der Waals surface area (Å²) in [6.07, 6.45) is 10.9. The number of rotatable bonds is 13. The minimum atomic E-state index is -1.09. The first kappa shape index (κ1) is 44.1. The molecule has 0 aromatic heterocycles. The average molecular weight is 702 g/mol. The van der Waals surface area contributed by atoms with Crippen LogP contribution in [0.3, 0.4) is 0 Å². The highest BCUT2D eigenvalue weighted by atomic mass is 35.5. The Morgan fingerprint density at radius 2 is 1.24 bits per heavy atom. The van der Waals surface area contributed by atoms with Gasteiger partial charge >= 0.3 is 24.0 Å². The number of carbonyl (C=O) groups is 5. The van der Waals surface area contributed by atoms with Crippen LogP contribution in [0.2, 0.25) is 0 Å². The molecule has 1 aliphatic carbocycles. The molecule has 49 heavy (non-hydrogen) atoms. The van der Waals surface area contributed by atoms with E-state index >= 15 is 0 Å². The molecule has 2 aromatic carbocycles. The van der Waals surface area contributed by atoms with Crippen LogP contribution < -0.4 is 16.4 Å². The number of esters is 1. The summed E-state index contributed by atoms with van der Waals surface area (Å²) in [5, 5.41) is 22.3. The van der Waals surface area contributed by atoms with Gasteiger partial charge in [-0.05, 0) is 62.3 Å². The summed E-state index contributed by atoms with van der Waals surface area (Å²) >= 11 is 0. The number of allylic oxidation sites excluding steroid dienone is 3. The van der Waals surface area contributed by atoms with Gasteiger partial charge in [-0.1, -0.05) is 85.0 Å². The van der Waals surface area contributed by atoms with Crippen LogP contribution in [0.5, 0.6) is 0 Å². The van der Waals surface area contributed by atoms with E-state index in [0.29, 0.717) is 12.8 Å². The molecular formula is C36H48ClN3O9. The van der Waals surface area contributed by atoms with Crippen molar-refractivity contribution in [2.75, 3.05) is 13.7 Å². The molecule has 0 bridgehead atoms. The number of carbonyl (C=O) groups excluding carboxylic acids is 3. The quantitative estimate of drug-likeness (QED) is 0.134. The van der Waals surface area contributed by atoms with Gasteiger partial charge in [-0.25, -0.2) is 14.4 Å². The topological polar surface area (TPSA) is 194 Å². The van der Waals surface area contributed by atoms with Crippen molar-refractivity contribution in [2.24, 2.45) is 5.73 Å². The number of nitrogens with two attached hydrogens (primary N) is 1. The minimum Gasteiger partial charge on any atom is -0.480 e. The number of aliphatic carboxylic acids is 2. The maximum Gasteiger partial charge on any atom is 0.407 e. The van der Waals surface area contributed by atoms with Crippen LogP contribution in [0.25, 0.3) is 11.1 Å². The Morgan fingerprint density at radius 3 is 1.67 bits per heavy atom. The van der Waals surface area contributed by atoms with E-state index in [1.165, 1.54) is 14.0 Å². The van der Waals surface area contributed by atoms with Gasteiger partial charge < -0.3 is 36.1 Å². The number of carboxylic acids is 2. The molecule has 0 unspecified atom stereocenters. The third kappa shape index (κ3) is 15.7. The molecule has 2 aromatic rings. The Morgan fingerprint density at radius 1 is 0.776 bits per heavy atom. The van der Waals surface area contributed by atoms with Crippen molar-refractivity contribution in [1.29, 1.82) is 0 Å². The predicted molar refractivity (Wildman–Crippen MR) is 190 cm³/mol. The molecule has 0 saturated heterocycles. The fraction of sp³-hybridized carbons (Fsp3) is 0.361. The predicted octanol–water partition coefficient (Wildman–Crippen LogP) is 5.36. The molecule has 0 saturated carbocycles. The first-order chi connectivity index (χ1) is 22.9. The molecule has 0 radical (unpaired) electrons. The van der Waals surface area contributed by atoms with Crippen molar-refractivity contribution in [1.82, 2.24) is 10.6 Å². The highest BCUT2D eigenvalue weighted by Crippen LogP contribution is 2.44. The molecule has 0 aliphatic heterocycles. The lowest BCUT2D eigenvalue weighted by atomic mass is 9.98. The van der Waals surface area contributed by atoms with E-state index in [1.807, 2.05) is 56.3 Å². The zero-order valence-corrected chi connectivity index (χ0v) is 29.3. The van der Waals surface area contributed by atoms with E-state index in [4.69, 9.17) is 15.6 Å². The van der Waals surface area contributed by atoms with Crippen molar-refractivity contribution in [3.8, 4) is 11.1 Å². The molecule has 13 heteroatoms. The molecular weight excluding hydrogens is 654 g/mol. The highest BCUT2D eigenvalue weighted by molar-refractivity contribution is 5.85. The first-order valence-corrected chi connectivity index (χ1v) is 15.4. The van der Waals surface area contributed by atoms with E-state index in [9.17, 15) is 29.1 Å². The first-order valence-electron chi connectivity index (χ1n) is 15.4. The van der Waals surface area contributed by atoms with Gasteiger partial charge in [0.2, 0.25) is 5.91 Å². The van der Waals surface area contributed by atoms with Crippen molar-refractivity contribution in [3.05, 3.63) is 96.1 Å². The summed E-state index contributed by atoms with van der Waals surface area (Å²) in [6, 6.07) is 13.8. The largest absolute Gasteiger partial charge is 0.480 e. The normalized spacial score (nSPS) is 13.3. The number of carboxylic acid groups (broad SMARTS) is 2. The fourth-order valence-electron chi connectivity index (χ4n) is 4.53. The van der Waals surface area contributed by atoms with Crippen LogP contribution in [0.15, 0.2) is 85.0 Å². The monoisotopic (exact) mass is 701 g/mol. The number of methoxy groups -OCH3 is 1. The molecule has 6 N–H and O–H groups in total. The molecule has 0 fully saturated rings. The van der Waals surface area contributed by atoms with Crippen LogP contribution in [0.1, 0.15) is 64.0 Å². The van der Waals surface area contributed by atoms with Crippen LogP contribution in [0, 0.1) is 0 Å². The summed E-state index contributed by atoms with van der Waals surface area (Å²) in [5.41, 5.74) is 9.68. The Kier molecular flexibility index (Phi) is 21.8. The number of amides is 2. The number of fused-ring (bicyclic) bond motifs is 3. The molecule has 12 nitrogen and oxygen atoms in total. The summed E-state index contributed by atoms with van der Waals surface area (Å²) < 4.78 is 9.89. The molecule has 3 atom stereocenters. The Labute approximate surface area is 293 Å². The van der Waals surface area contributed by atoms with Gasteiger partial charge in [-0.15, -0.1) is 12.4 Å². The number of benzene rings is 2. The molecule has 268 valence electrons. The number of alkyl carbamates (subject to hydrolysis) is 1. The van der Waals surface area contributed by atoms with E-state index in [2.05, 4.69) is 27.5 Å². The third-order valence-electron chi connectivity index (χ3n) is 6.95. The van der Waals surface area contributed by atoms with Crippen LogP contribution in [-0.4, -0.2) is 72.0 Å². The van der Waals surface area contributed by atoms with Crippen LogP contribution in [0.4, 0.5) is 4.79 Å². The summed E-state index contributed by atoms with van der Waals surface area (Å²) in [4.78, 5) is 55.1. The number of hydrogen-bond acceptors (Lipinski definition) is 8. The van der Waals surface area contributed by atoms with Crippen molar-refractivity contribution >= 4 is 42.3 Å². The Bertz CT molecular complexity index is 1410. The van der Waals surface area contributed by atoms with Crippen molar-refractivity contribution < 1.29 is 43.7 Å².